The molecule has 2 fully saturated rings. The molecule has 92 valence electrons. The zero-order valence-electron chi connectivity index (χ0n) is 10.2. The summed E-state index contributed by atoms with van der Waals surface area (Å²) in [6.45, 7) is 2.24. The SMILES string of the molecule is COC(=O)C1CCCCC1C1CCNCC1. The zero-order chi connectivity index (χ0) is 11.4. The van der Waals surface area contributed by atoms with E-state index in [9.17, 15) is 4.79 Å². The van der Waals surface area contributed by atoms with Crippen molar-refractivity contribution < 1.29 is 9.53 Å². The Morgan fingerprint density at radius 3 is 2.50 bits per heavy atom. The lowest BCUT2D eigenvalue weighted by Gasteiger charge is -2.37. The Hall–Kier alpha value is -0.570. The fourth-order valence-corrected chi connectivity index (χ4v) is 3.44. The van der Waals surface area contributed by atoms with Gasteiger partial charge in [-0.05, 0) is 50.6 Å². The summed E-state index contributed by atoms with van der Waals surface area (Å²) >= 11 is 0. The molecule has 0 amide bonds. The van der Waals surface area contributed by atoms with Gasteiger partial charge in [0.2, 0.25) is 0 Å². The standard InChI is InChI=1S/C13H23NO2/c1-16-13(15)12-5-3-2-4-11(12)10-6-8-14-9-7-10/h10-12,14H,2-9H2,1H3. The lowest BCUT2D eigenvalue weighted by molar-refractivity contribution is -0.150. The number of ether oxygens (including phenoxy) is 1. The van der Waals surface area contributed by atoms with Gasteiger partial charge >= 0.3 is 5.97 Å². The average molecular weight is 225 g/mol. The minimum Gasteiger partial charge on any atom is -0.469 e. The second kappa shape index (κ2) is 5.67. The normalized spacial score (nSPS) is 32.3. The van der Waals surface area contributed by atoms with Crippen LogP contribution in [0.2, 0.25) is 0 Å². The van der Waals surface area contributed by atoms with Gasteiger partial charge in [0.1, 0.15) is 0 Å². The predicted octanol–water partition coefficient (Wildman–Crippen LogP) is 1.97. The molecule has 2 atom stereocenters. The lowest BCUT2D eigenvalue weighted by atomic mass is 9.69. The van der Waals surface area contributed by atoms with Crippen molar-refractivity contribution in [1.29, 1.82) is 0 Å². The molecule has 3 heteroatoms. The highest BCUT2D eigenvalue weighted by Gasteiger charge is 2.36. The average Bonchev–Trinajstić information content (AvgIpc) is 2.39. The summed E-state index contributed by atoms with van der Waals surface area (Å²) in [5.74, 6) is 1.54. The molecule has 1 heterocycles. The highest BCUT2D eigenvalue weighted by Crippen LogP contribution is 2.39. The second-order valence-corrected chi connectivity index (χ2v) is 5.17. The maximum atomic E-state index is 11.8. The van der Waals surface area contributed by atoms with Gasteiger partial charge in [-0.15, -0.1) is 0 Å². The first-order valence-electron chi connectivity index (χ1n) is 6.61. The van der Waals surface area contributed by atoms with Crippen molar-refractivity contribution in [3.63, 3.8) is 0 Å². The van der Waals surface area contributed by atoms with Crippen LogP contribution in [-0.2, 0) is 9.53 Å². The van der Waals surface area contributed by atoms with Gasteiger partial charge in [-0.25, -0.2) is 0 Å². The van der Waals surface area contributed by atoms with Crippen LogP contribution < -0.4 is 5.32 Å². The fraction of sp³-hybridized carbons (Fsp3) is 0.923. The van der Waals surface area contributed by atoms with Gasteiger partial charge in [-0.1, -0.05) is 12.8 Å². The Bertz CT molecular complexity index is 236. The molecule has 2 unspecified atom stereocenters. The maximum Gasteiger partial charge on any atom is 0.308 e. The van der Waals surface area contributed by atoms with E-state index in [0.29, 0.717) is 5.92 Å². The van der Waals surface area contributed by atoms with E-state index in [1.807, 2.05) is 0 Å². The number of nitrogens with one attached hydrogen (secondary N) is 1. The third-order valence-electron chi connectivity index (χ3n) is 4.31. The highest BCUT2D eigenvalue weighted by molar-refractivity contribution is 5.72. The molecule has 2 aliphatic rings. The predicted molar refractivity (Wildman–Crippen MR) is 63.1 cm³/mol. The van der Waals surface area contributed by atoms with Crippen LogP contribution in [0.25, 0.3) is 0 Å². The Kier molecular flexibility index (Phi) is 4.22. The van der Waals surface area contributed by atoms with Crippen molar-refractivity contribution in [2.45, 2.75) is 38.5 Å². The minimum atomic E-state index is 0.0308. The van der Waals surface area contributed by atoms with Gasteiger partial charge < -0.3 is 10.1 Å². The molecule has 1 saturated carbocycles. The monoisotopic (exact) mass is 225 g/mol. The zero-order valence-corrected chi connectivity index (χ0v) is 10.2. The number of hydrogen-bond acceptors (Lipinski definition) is 3. The molecule has 0 aromatic rings. The summed E-state index contributed by atoms with van der Waals surface area (Å²) < 4.78 is 4.96. The molecule has 1 aliphatic heterocycles. The van der Waals surface area contributed by atoms with E-state index in [-0.39, 0.29) is 11.9 Å². The van der Waals surface area contributed by atoms with E-state index in [0.717, 1.165) is 25.4 Å². The summed E-state index contributed by atoms with van der Waals surface area (Å²) in [6.07, 6.45) is 7.23. The van der Waals surface area contributed by atoms with Crippen LogP contribution in [0.1, 0.15) is 38.5 Å². The number of hydrogen-bond donors (Lipinski definition) is 1. The van der Waals surface area contributed by atoms with Crippen molar-refractivity contribution >= 4 is 5.97 Å². The van der Waals surface area contributed by atoms with Crippen molar-refractivity contribution in [3.05, 3.63) is 0 Å². The topological polar surface area (TPSA) is 38.3 Å². The Labute approximate surface area is 97.9 Å². The Morgan fingerprint density at radius 2 is 1.81 bits per heavy atom. The molecule has 1 N–H and O–H groups in total. The molecular formula is C13H23NO2. The van der Waals surface area contributed by atoms with E-state index < -0.39 is 0 Å². The van der Waals surface area contributed by atoms with Crippen LogP contribution in [0.3, 0.4) is 0 Å². The van der Waals surface area contributed by atoms with Crippen molar-refractivity contribution in [1.82, 2.24) is 5.32 Å². The number of methoxy groups -OCH3 is 1. The molecule has 0 aromatic carbocycles. The molecule has 2 rings (SSSR count). The van der Waals surface area contributed by atoms with Gasteiger partial charge in [-0.3, -0.25) is 4.79 Å². The first-order chi connectivity index (χ1) is 7.83. The van der Waals surface area contributed by atoms with E-state index in [4.69, 9.17) is 4.74 Å². The Balaban J connectivity index is 2.00. The molecule has 3 nitrogen and oxygen atoms in total. The third kappa shape index (κ3) is 2.57. The molecule has 1 saturated heterocycles. The van der Waals surface area contributed by atoms with Crippen LogP contribution in [0.15, 0.2) is 0 Å². The van der Waals surface area contributed by atoms with Gasteiger partial charge in [0.05, 0.1) is 13.0 Å². The van der Waals surface area contributed by atoms with E-state index >= 15 is 0 Å². The summed E-state index contributed by atoms with van der Waals surface area (Å²) in [5.41, 5.74) is 0. The van der Waals surface area contributed by atoms with Crippen LogP contribution >= 0.6 is 0 Å². The largest absolute Gasteiger partial charge is 0.469 e. The first-order valence-corrected chi connectivity index (χ1v) is 6.61. The van der Waals surface area contributed by atoms with E-state index in [2.05, 4.69) is 5.32 Å². The highest BCUT2D eigenvalue weighted by atomic mass is 16.5. The van der Waals surface area contributed by atoms with Crippen LogP contribution in [0, 0.1) is 17.8 Å². The quantitative estimate of drug-likeness (QED) is 0.730. The van der Waals surface area contributed by atoms with Gasteiger partial charge in [0.15, 0.2) is 0 Å². The Morgan fingerprint density at radius 1 is 1.12 bits per heavy atom. The smallest absolute Gasteiger partial charge is 0.308 e. The number of carbonyl (C=O) groups excluding carboxylic acids is 1. The van der Waals surface area contributed by atoms with Gasteiger partial charge in [0.25, 0.3) is 0 Å². The number of piperidine rings is 1. The summed E-state index contributed by atoms with van der Waals surface area (Å²) in [5, 5.41) is 3.40. The summed E-state index contributed by atoms with van der Waals surface area (Å²) in [7, 11) is 1.52. The summed E-state index contributed by atoms with van der Waals surface area (Å²) in [4.78, 5) is 11.8. The first kappa shape index (κ1) is 11.9. The van der Waals surface area contributed by atoms with Crippen molar-refractivity contribution in [3.8, 4) is 0 Å². The van der Waals surface area contributed by atoms with Crippen LogP contribution in [-0.4, -0.2) is 26.2 Å². The molecule has 0 bridgehead atoms. The van der Waals surface area contributed by atoms with Crippen LogP contribution in [0.5, 0.6) is 0 Å². The molecule has 0 spiro atoms. The molecule has 16 heavy (non-hydrogen) atoms. The van der Waals surface area contributed by atoms with E-state index in [1.165, 1.54) is 39.2 Å². The third-order valence-corrected chi connectivity index (χ3v) is 4.31. The molecule has 0 radical (unpaired) electrons. The number of esters is 1. The van der Waals surface area contributed by atoms with E-state index in [1.54, 1.807) is 0 Å². The lowest BCUT2D eigenvalue weighted by Crippen LogP contribution is -2.38. The fourth-order valence-electron chi connectivity index (χ4n) is 3.44. The van der Waals surface area contributed by atoms with Gasteiger partial charge in [-0.2, -0.15) is 0 Å². The van der Waals surface area contributed by atoms with Gasteiger partial charge in [0, 0.05) is 0 Å². The number of carbonyl (C=O) groups is 1. The maximum absolute atomic E-state index is 11.8. The second-order valence-electron chi connectivity index (χ2n) is 5.17. The minimum absolute atomic E-state index is 0.0308. The molecule has 1 aliphatic carbocycles. The summed E-state index contributed by atoms with van der Waals surface area (Å²) in [6, 6.07) is 0. The molecule has 0 aromatic heterocycles. The van der Waals surface area contributed by atoms with Crippen molar-refractivity contribution in [2.75, 3.05) is 20.2 Å². The van der Waals surface area contributed by atoms with Crippen LogP contribution in [0.4, 0.5) is 0 Å². The molecular weight excluding hydrogens is 202 g/mol. The number of rotatable bonds is 2. The van der Waals surface area contributed by atoms with Crippen molar-refractivity contribution in [2.24, 2.45) is 17.8 Å².